The van der Waals surface area contributed by atoms with E-state index in [1.165, 1.54) is 5.57 Å². The smallest absolute Gasteiger partial charge is 0.225 e. The number of hydrogen-bond donors (Lipinski definition) is 0. The van der Waals surface area contributed by atoms with Crippen molar-refractivity contribution < 1.29 is 0 Å². The van der Waals surface area contributed by atoms with E-state index in [1.807, 2.05) is 13.8 Å². The normalized spacial score (nSPS) is 15.2. The van der Waals surface area contributed by atoms with Crippen LogP contribution in [-0.2, 0) is 0 Å². The molecule has 1 aliphatic rings. The molecule has 0 unspecified atom stereocenters. The zero-order chi connectivity index (χ0) is 12.7. The van der Waals surface area contributed by atoms with E-state index in [9.17, 15) is 0 Å². The minimum atomic E-state index is 0.239. The van der Waals surface area contributed by atoms with Crippen molar-refractivity contribution in [1.29, 1.82) is 0 Å². The molecule has 2 aromatic heterocycles. The lowest BCUT2D eigenvalue weighted by atomic mass is 10.1. The van der Waals surface area contributed by atoms with Crippen LogP contribution in [0.15, 0.2) is 6.08 Å². The molecule has 0 aliphatic heterocycles. The topological polar surface area (TPSA) is 51.6 Å². The fourth-order valence-electron chi connectivity index (χ4n) is 2.20. The fraction of sp³-hybridized carbons (Fsp3) is 0.385. The maximum absolute atomic E-state index is 5.98. The van der Waals surface area contributed by atoms with Crippen molar-refractivity contribution >= 4 is 28.3 Å². The Morgan fingerprint density at radius 1 is 1.06 bits per heavy atom. The van der Waals surface area contributed by atoms with Gasteiger partial charge in [0, 0.05) is 0 Å². The molecule has 92 valence electrons. The zero-order valence-electron chi connectivity index (χ0n) is 10.4. The van der Waals surface area contributed by atoms with Gasteiger partial charge in [-0.05, 0) is 50.3 Å². The van der Waals surface area contributed by atoms with Crippen LogP contribution in [0.2, 0.25) is 5.28 Å². The van der Waals surface area contributed by atoms with Crippen molar-refractivity contribution in [1.82, 2.24) is 19.9 Å². The van der Waals surface area contributed by atoms with Gasteiger partial charge in [-0.15, -0.1) is 0 Å². The molecule has 18 heavy (non-hydrogen) atoms. The van der Waals surface area contributed by atoms with Gasteiger partial charge in [-0.25, -0.2) is 15.0 Å². The number of rotatable bonds is 1. The first kappa shape index (κ1) is 11.5. The molecule has 0 N–H and O–H groups in total. The molecule has 4 nitrogen and oxygen atoms in total. The molecule has 0 bridgehead atoms. The highest BCUT2D eigenvalue weighted by Gasteiger charge is 2.16. The second kappa shape index (κ2) is 4.28. The summed E-state index contributed by atoms with van der Waals surface area (Å²) in [5.41, 5.74) is 5.19. The molecule has 3 rings (SSSR count). The van der Waals surface area contributed by atoms with Crippen molar-refractivity contribution in [3.05, 3.63) is 28.4 Å². The van der Waals surface area contributed by atoms with Crippen LogP contribution in [0, 0.1) is 13.8 Å². The van der Waals surface area contributed by atoms with E-state index < -0.39 is 0 Å². The Morgan fingerprint density at radius 3 is 2.56 bits per heavy atom. The molecule has 2 heterocycles. The zero-order valence-corrected chi connectivity index (χ0v) is 11.1. The molecule has 5 heteroatoms. The van der Waals surface area contributed by atoms with Crippen LogP contribution in [0.4, 0.5) is 0 Å². The predicted octanol–water partition coefficient (Wildman–Crippen LogP) is 3.26. The highest BCUT2D eigenvalue weighted by Crippen LogP contribution is 2.30. The second-order valence-corrected chi connectivity index (χ2v) is 4.87. The van der Waals surface area contributed by atoms with Crippen molar-refractivity contribution in [2.24, 2.45) is 0 Å². The summed E-state index contributed by atoms with van der Waals surface area (Å²) in [7, 11) is 0. The van der Waals surface area contributed by atoms with Gasteiger partial charge in [0.1, 0.15) is 5.52 Å². The van der Waals surface area contributed by atoms with Gasteiger partial charge in [0.2, 0.25) is 5.28 Å². The molecule has 0 spiro atoms. The molecule has 0 saturated heterocycles. The quantitative estimate of drug-likeness (QED) is 0.739. The number of hydrogen-bond acceptors (Lipinski definition) is 4. The number of aryl methyl sites for hydroxylation is 2. The van der Waals surface area contributed by atoms with Crippen LogP contribution < -0.4 is 0 Å². The Balaban J connectivity index is 2.32. The molecule has 0 fully saturated rings. The fourth-order valence-corrected chi connectivity index (χ4v) is 2.36. The van der Waals surface area contributed by atoms with E-state index in [0.717, 1.165) is 41.9 Å². The van der Waals surface area contributed by atoms with Gasteiger partial charge in [0.05, 0.1) is 17.1 Å². The lowest BCUT2D eigenvalue weighted by molar-refractivity contribution is 0.931. The molecular weight excluding hydrogens is 248 g/mol. The van der Waals surface area contributed by atoms with Crippen molar-refractivity contribution in [2.75, 3.05) is 0 Å². The molecule has 1 aliphatic carbocycles. The first-order chi connectivity index (χ1) is 8.65. The van der Waals surface area contributed by atoms with Crippen LogP contribution >= 0.6 is 11.6 Å². The number of fused-ring (bicyclic) bond motifs is 1. The van der Waals surface area contributed by atoms with E-state index in [-0.39, 0.29) is 5.28 Å². The highest BCUT2D eigenvalue weighted by atomic mass is 35.5. The van der Waals surface area contributed by atoms with Crippen molar-refractivity contribution in [3.8, 4) is 0 Å². The van der Waals surface area contributed by atoms with E-state index in [1.54, 1.807) is 0 Å². The molecular formula is C13H13ClN4. The molecule has 0 aromatic carbocycles. The third-order valence-electron chi connectivity index (χ3n) is 3.26. The van der Waals surface area contributed by atoms with Gasteiger partial charge in [0.25, 0.3) is 0 Å². The summed E-state index contributed by atoms with van der Waals surface area (Å²) in [6.45, 7) is 3.87. The van der Waals surface area contributed by atoms with Crippen LogP contribution in [0.5, 0.6) is 0 Å². The van der Waals surface area contributed by atoms with E-state index in [0.29, 0.717) is 5.65 Å². The largest absolute Gasteiger partial charge is 0.246 e. The van der Waals surface area contributed by atoms with Crippen LogP contribution in [-0.4, -0.2) is 19.9 Å². The van der Waals surface area contributed by atoms with Gasteiger partial charge in [0.15, 0.2) is 5.65 Å². The monoisotopic (exact) mass is 260 g/mol. The predicted molar refractivity (Wildman–Crippen MR) is 71.4 cm³/mol. The minimum Gasteiger partial charge on any atom is -0.246 e. The Bertz CT molecular complexity index is 664. The third-order valence-corrected chi connectivity index (χ3v) is 3.43. The lowest BCUT2D eigenvalue weighted by Crippen LogP contribution is -2.01. The summed E-state index contributed by atoms with van der Waals surface area (Å²) in [6.07, 6.45) is 5.49. The molecule has 0 amide bonds. The van der Waals surface area contributed by atoms with Crippen LogP contribution in [0.1, 0.15) is 36.3 Å². The standard InChI is InChI=1S/C13H13ClN4/c1-7-8(2)16-12-11(15-7)10(17-13(14)18-12)9-5-3-4-6-9/h5H,3-4,6H2,1-2H3. The summed E-state index contributed by atoms with van der Waals surface area (Å²) in [5.74, 6) is 0. The molecule has 0 atom stereocenters. The number of aromatic nitrogens is 4. The lowest BCUT2D eigenvalue weighted by Gasteiger charge is -2.07. The van der Waals surface area contributed by atoms with Gasteiger partial charge in [-0.1, -0.05) is 6.08 Å². The summed E-state index contributed by atoms with van der Waals surface area (Å²) >= 11 is 5.98. The maximum atomic E-state index is 5.98. The van der Waals surface area contributed by atoms with Crippen LogP contribution in [0.3, 0.4) is 0 Å². The first-order valence-electron chi connectivity index (χ1n) is 6.03. The van der Waals surface area contributed by atoms with Gasteiger partial charge in [-0.2, -0.15) is 4.98 Å². The Morgan fingerprint density at radius 2 is 1.83 bits per heavy atom. The average molecular weight is 261 g/mol. The van der Waals surface area contributed by atoms with Crippen LogP contribution in [0.25, 0.3) is 16.7 Å². The highest BCUT2D eigenvalue weighted by molar-refractivity contribution is 6.28. The summed E-state index contributed by atoms with van der Waals surface area (Å²) in [6, 6.07) is 0. The van der Waals surface area contributed by atoms with Crippen molar-refractivity contribution in [2.45, 2.75) is 33.1 Å². The van der Waals surface area contributed by atoms with Gasteiger partial charge >= 0.3 is 0 Å². The minimum absolute atomic E-state index is 0.239. The first-order valence-corrected chi connectivity index (χ1v) is 6.41. The summed E-state index contributed by atoms with van der Waals surface area (Å²) < 4.78 is 0. The number of allylic oxidation sites excluding steroid dienone is 2. The maximum Gasteiger partial charge on any atom is 0.225 e. The van der Waals surface area contributed by atoms with Gasteiger partial charge in [-0.3, -0.25) is 0 Å². The van der Waals surface area contributed by atoms with E-state index >= 15 is 0 Å². The van der Waals surface area contributed by atoms with Gasteiger partial charge < -0.3 is 0 Å². The summed E-state index contributed by atoms with van der Waals surface area (Å²) in [5, 5.41) is 0.239. The Hall–Kier alpha value is -1.55. The molecule has 2 aromatic rings. The average Bonchev–Trinajstić information content (AvgIpc) is 2.84. The SMILES string of the molecule is Cc1nc2nc(Cl)nc(C3=CCCC3)c2nc1C. The van der Waals surface area contributed by atoms with E-state index in [2.05, 4.69) is 26.0 Å². The Kier molecular flexibility index (Phi) is 2.74. The van der Waals surface area contributed by atoms with Crippen molar-refractivity contribution in [3.63, 3.8) is 0 Å². The number of nitrogens with zero attached hydrogens (tertiary/aromatic N) is 4. The summed E-state index contributed by atoms with van der Waals surface area (Å²) in [4.78, 5) is 17.5. The van der Waals surface area contributed by atoms with E-state index in [4.69, 9.17) is 11.6 Å². The molecule has 0 radical (unpaired) electrons. The second-order valence-electron chi connectivity index (χ2n) is 4.53. The number of halogens is 1. The third kappa shape index (κ3) is 1.86. The molecule has 0 saturated carbocycles. The Labute approximate surface area is 110 Å².